The first-order valence-electron chi connectivity index (χ1n) is 6.77. The number of anilines is 1. The van der Waals surface area contributed by atoms with Gasteiger partial charge in [0, 0.05) is 5.69 Å². The standard InChI is InChI=1S/C16H12Cl2F3NO2/c1-9(24-14-5-3-2-4-13(14)18)15(23)22-10-6-7-12(17)11(8-10)16(19,20)21/h2-9H,1H3,(H,22,23). The number of ether oxygens (including phenoxy) is 1. The third kappa shape index (κ3) is 4.55. The van der Waals surface area contributed by atoms with Crippen LogP contribution in [0.1, 0.15) is 12.5 Å². The SMILES string of the molecule is CC(Oc1ccccc1Cl)C(=O)Nc1ccc(Cl)c(C(F)(F)F)c1. The van der Waals surface area contributed by atoms with Gasteiger partial charge in [-0.3, -0.25) is 4.79 Å². The summed E-state index contributed by atoms with van der Waals surface area (Å²) < 4.78 is 43.9. The van der Waals surface area contributed by atoms with Gasteiger partial charge in [0.2, 0.25) is 0 Å². The van der Waals surface area contributed by atoms with Crippen molar-refractivity contribution in [3.63, 3.8) is 0 Å². The van der Waals surface area contributed by atoms with Gasteiger partial charge in [0.15, 0.2) is 6.10 Å². The van der Waals surface area contributed by atoms with E-state index in [2.05, 4.69) is 5.32 Å². The van der Waals surface area contributed by atoms with Crippen molar-refractivity contribution in [1.82, 2.24) is 0 Å². The van der Waals surface area contributed by atoms with Gasteiger partial charge in [0.25, 0.3) is 5.91 Å². The highest BCUT2D eigenvalue weighted by Gasteiger charge is 2.33. The molecule has 0 fully saturated rings. The summed E-state index contributed by atoms with van der Waals surface area (Å²) in [5.74, 6) is -0.320. The molecule has 0 aliphatic heterocycles. The van der Waals surface area contributed by atoms with Gasteiger partial charge >= 0.3 is 6.18 Å². The second-order valence-electron chi connectivity index (χ2n) is 4.87. The summed E-state index contributed by atoms with van der Waals surface area (Å²) in [5, 5.41) is 2.23. The number of hydrogen-bond donors (Lipinski definition) is 1. The molecule has 0 aliphatic rings. The Morgan fingerprint density at radius 1 is 1.12 bits per heavy atom. The fourth-order valence-corrected chi connectivity index (χ4v) is 2.25. The Morgan fingerprint density at radius 2 is 1.79 bits per heavy atom. The van der Waals surface area contributed by atoms with Crippen molar-refractivity contribution >= 4 is 34.8 Å². The van der Waals surface area contributed by atoms with E-state index < -0.39 is 28.8 Å². The van der Waals surface area contributed by atoms with Crippen LogP contribution in [0.25, 0.3) is 0 Å². The number of carbonyl (C=O) groups excluding carboxylic acids is 1. The predicted molar refractivity (Wildman–Crippen MR) is 86.6 cm³/mol. The van der Waals surface area contributed by atoms with E-state index in [4.69, 9.17) is 27.9 Å². The zero-order valence-electron chi connectivity index (χ0n) is 12.3. The summed E-state index contributed by atoms with van der Waals surface area (Å²) in [6.07, 6.45) is -5.58. The van der Waals surface area contributed by atoms with E-state index in [1.165, 1.54) is 13.0 Å². The minimum absolute atomic E-state index is 0.0358. The van der Waals surface area contributed by atoms with Crippen LogP contribution in [0.4, 0.5) is 18.9 Å². The highest BCUT2D eigenvalue weighted by Crippen LogP contribution is 2.36. The van der Waals surface area contributed by atoms with Crippen LogP contribution in [0, 0.1) is 0 Å². The molecular formula is C16H12Cl2F3NO2. The van der Waals surface area contributed by atoms with E-state index >= 15 is 0 Å². The number of hydrogen-bond acceptors (Lipinski definition) is 2. The molecule has 1 unspecified atom stereocenters. The smallest absolute Gasteiger partial charge is 0.417 e. The van der Waals surface area contributed by atoms with Crippen LogP contribution in [0.5, 0.6) is 5.75 Å². The molecule has 24 heavy (non-hydrogen) atoms. The molecule has 0 bridgehead atoms. The minimum Gasteiger partial charge on any atom is -0.479 e. The Balaban J connectivity index is 2.11. The maximum Gasteiger partial charge on any atom is 0.417 e. The first kappa shape index (κ1) is 18.4. The Labute approximate surface area is 146 Å². The molecule has 0 spiro atoms. The summed E-state index contributed by atoms with van der Waals surface area (Å²) in [6.45, 7) is 1.46. The van der Waals surface area contributed by atoms with Crippen LogP contribution in [0.3, 0.4) is 0 Å². The van der Waals surface area contributed by atoms with E-state index in [0.717, 1.165) is 12.1 Å². The monoisotopic (exact) mass is 377 g/mol. The molecule has 0 aliphatic carbocycles. The van der Waals surface area contributed by atoms with Gasteiger partial charge in [0.1, 0.15) is 5.75 Å². The molecule has 2 aromatic carbocycles. The molecule has 3 nitrogen and oxygen atoms in total. The van der Waals surface area contributed by atoms with Gasteiger partial charge in [-0.25, -0.2) is 0 Å². The zero-order valence-corrected chi connectivity index (χ0v) is 13.8. The molecular weight excluding hydrogens is 366 g/mol. The van der Waals surface area contributed by atoms with Crippen LogP contribution < -0.4 is 10.1 Å². The molecule has 1 atom stereocenters. The molecule has 8 heteroatoms. The average molecular weight is 378 g/mol. The lowest BCUT2D eigenvalue weighted by atomic mass is 10.2. The first-order valence-corrected chi connectivity index (χ1v) is 7.53. The van der Waals surface area contributed by atoms with Crippen molar-refractivity contribution < 1.29 is 22.7 Å². The predicted octanol–water partition coefficient (Wildman–Crippen LogP) is 5.42. The second kappa shape index (κ2) is 7.32. The molecule has 0 saturated heterocycles. The summed E-state index contributed by atoms with van der Waals surface area (Å²) >= 11 is 11.5. The number of benzene rings is 2. The van der Waals surface area contributed by atoms with Gasteiger partial charge < -0.3 is 10.1 Å². The van der Waals surface area contributed by atoms with Crippen molar-refractivity contribution in [1.29, 1.82) is 0 Å². The molecule has 2 rings (SSSR count). The number of carbonyl (C=O) groups is 1. The highest BCUT2D eigenvalue weighted by atomic mass is 35.5. The fraction of sp³-hybridized carbons (Fsp3) is 0.188. The topological polar surface area (TPSA) is 38.3 Å². The normalized spacial score (nSPS) is 12.6. The highest BCUT2D eigenvalue weighted by molar-refractivity contribution is 6.32. The van der Waals surface area contributed by atoms with Crippen LogP contribution in [-0.2, 0) is 11.0 Å². The molecule has 2 aromatic rings. The quantitative estimate of drug-likeness (QED) is 0.772. The van der Waals surface area contributed by atoms with Crippen molar-refractivity contribution in [2.75, 3.05) is 5.32 Å². The molecule has 0 heterocycles. The number of rotatable bonds is 4. The summed E-state index contributed by atoms with van der Waals surface area (Å²) in [7, 11) is 0. The van der Waals surface area contributed by atoms with Crippen molar-refractivity contribution in [2.24, 2.45) is 0 Å². The third-order valence-electron chi connectivity index (χ3n) is 3.05. The number of amides is 1. The van der Waals surface area contributed by atoms with Gasteiger partial charge in [-0.05, 0) is 37.3 Å². The molecule has 0 saturated carbocycles. The van der Waals surface area contributed by atoms with Crippen LogP contribution in [0.2, 0.25) is 10.0 Å². The van der Waals surface area contributed by atoms with Gasteiger partial charge in [-0.15, -0.1) is 0 Å². The van der Waals surface area contributed by atoms with Crippen LogP contribution >= 0.6 is 23.2 Å². The Hall–Kier alpha value is -1.92. The molecule has 1 N–H and O–H groups in total. The van der Waals surface area contributed by atoms with Crippen LogP contribution in [0.15, 0.2) is 42.5 Å². The van der Waals surface area contributed by atoms with E-state index in [0.29, 0.717) is 10.8 Å². The molecule has 1 amide bonds. The molecule has 0 radical (unpaired) electrons. The van der Waals surface area contributed by atoms with E-state index in [1.807, 2.05) is 0 Å². The maximum atomic E-state index is 12.8. The summed E-state index contributed by atoms with van der Waals surface area (Å²) in [4.78, 5) is 12.1. The van der Waals surface area contributed by atoms with Gasteiger partial charge in [-0.1, -0.05) is 35.3 Å². The van der Waals surface area contributed by atoms with E-state index in [1.54, 1.807) is 24.3 Å². The largest absolute Gasteiger partial charge is 0.479 e. The number of para-hydroxylation sites is 1. The lowest BCUT2D eigenvalue weighted by Gasteiger charge is -2.16. The van der Waals surface area contributed by atoms with Crippen molar-refractivity contribution in [2.45, 2.75) is 19.2 Å². The fourth-order valence-electron chi connectivity index (χ4n) is 1.85. The minimum atomic E-state index is -4.61. The Morgan fingerprint density at radius 3 is 2.42 bits per heavy atom. The summed E-state index contributed by atoms with van der Waals surface area (Å²) in [6, 6.07) is 9.67. The van der Waals surface area contributed by atoms with Crippen LogP contribution in [-0.4, -0.2) is 12.0 Å². The second-order valence-corrected chi connectivity index (χ2v) is 5.69. The van der Waals surface area contributed by atoms with Crippen molar-refractivity contribution in [3.05, 3.63) is 58.1 Å². The Bertz CT molecular complexity index is 750. The number of halogens is 5. The Kier molecular flexibility index (Phi) is 5.62. The van der Waals surface area contributed by atoms with E-state index in [9.17, 15) is 18.0 Å². The number of alkyl halides is 3. The zero-order chi connectivity index (χ0) is 17.9. The lowest BCUT2D eigenvalue weighted by molar-refractivity contribution is -0.137. The maximum absolute atomic E-state index is 12.8. The molecule has 128 valence electrons. The third-order valence-corrected chi connectivity index (χ3v) is 3.69. The van der Waals surface area contributed by atoms with Gasteiger partial charge in [0.05, 0.1) is 15.6 Å². The lowest BCUT2D eigenvalue weighted by Crippen LogP contribution is -2.30. The van der Waals surface area contributed by atoms with Gasteiger partial charge in [-0.2, -0.15) is 13.2 Å². The first-order chi connectivity index (χ1) is 11.2. The number of nitrogens with one attached hydrogen (secondary N) is 1. The van der Waals surface area contributed by atoms with Crippen molar-refractivity contribution in [3.8, 4) is 5.75 Å². The average Bonchev–Trinajstić information content (AvgIpc) is 2.50. The van der Waals surface area contributed by atoms with E-state index in [-0.39, 0.29) is 5.69 Å². The summed E-state index contributed by atoms with van der Waals surface area (Å²) in [5.41, 5.74) is -1.06. The molecule has 0 aromatic heterocycles.